The van der Waals surface area contributed by atoms with Gasteiger partial charge in [-0.25, -0.2) is 4.79 Å². The van der Waals surface area contributed by atoms with Crippen molar-refractivity contribution >= 4 is 16.9 Å². The Morgan fingerprint density at radius 2 is 1.92 bits per heavy atom. The lowest BCUT2D eigenvalue weighted by molar-refractivity contribution is -0.197. The number of methoxy groups -OCH3 is 1. The van der Waals surface area contributed by atoms with Gasteiger partial charge in [-0.05, 0) is 22.4 Å². The monoisotopic (exact) mass is 338 g/mol. The van der Waals surface area contributed by atoms with Gasteiger partial charge in [-0.2, -0.15) is 28.8 Å². The van der Waals surface area contributed by atoms with Crippen LogP contribution in [-0.4, -0.2) is 30.4 Å². The molecule has 1 amide bonds. The Labute approximate surface area is 134 Å². The number of hydrogen-bond donors (Lipinski definition) is 1. The first-order valence-electron chi connectivity index (χ1n) is 7.00. The summed E-state index contributed by atoms with van der Waals surface area (Å²) in [7, 11) is 0.994. The second-order valence-electron chi connectivity index (χ2n) is 5.19. The van der Waals surface area contributed by atoms with Crippen molar-refractivity contribution in [2.45, 2.75) is 18.3 Å². The summed E-state index contributed by atoms with van der Waals surface area (Å²) >= 11 is 0. The number of amides is 1. The third kappa shape index (κ3) is 2.84. The number of hydrazine groups is 1. The Morgan fingerprint density at radius 3 is 2.58 bits per heavy atom. The van der Waals surface area contributed by atoms with Crippen LogP contribution in [0.15, 0.2) is 52.8 Å². The molecule has 0 radical (unpaired) electrons. The van der Waals surface area contributed by atoms with Gasteiger partial charge in [-0.15, -0.1) is 0 Å². The minimum atomic E-state index is -4.73. The minimum Gasteiger partial charge on any atom is -0.451 e. The van der Waals surface area contributed by atoms with E-state index in [4.69, 9.17) is 0 Å². The maximum atomic E-state index is 13.5. The van der Waals surface area contributed by atoms with Gasteiger partial charge in [0.1, 0.15) is 6.04 Å². The largest absolute Gasteiger partial charge is 0.451 e. The molecule has 0 aromatic heterocycles. The zero-order valence-corrected chi connectivity index (χ0v) is 12.5. The van der Waals surface area contributed by atoms with Gasteiger partial charge >= 0.3 is 12.3 Å². The maximum absolute atomic E-state index is 13.5. The molecule has 1 heterocycles. The van der Waals surface area contributed by atoms with Gasteiger partial charge in [-0.3, -0.25) is 0 Å². The number of rotatable bonds is 1. The Balaban J connectivity index is 2.06. The number of ether oxygens (including phenoxy) is 1. The summed E-state index contributed by atoms with van der Waals surface area (Å²) in [5.41, 5.74) is 2.26. The third-order valence-electron chi connectivity index (χ3n) is 3.73. The third-order valence-corrected chi connectivity index (χ3v) is 3.73. The predicted octanol–water partition coefficient (Wildman–Crippen LogP) is 3.77. The topological polar surface area (TPSA) is 66.3 Å². The van der Waals surface area contributed by atoms with Gasteiger partial charge in [0.15, 0.2) is 6.04 Å². The molecule has 0 saturated heterocycles. The second-order valence-corrected chi connectivity index (χ2v) is 5.19. The number of carbonyl (C=O) groups excluding carboxylic acids is 1. The summed E-state index contributed by atoms with van der Waals surface area (Å²) in [4.78, 5) is 11.7. The lowest BCUT2D eigenvalue weighted by atomic mass is 9.96. The Hall–Kier alpha value is -2.84. The molecule has 0 saturated carbocycles. The van der Waals surface area contributed by atoms with Gasteiger partial charge in [0.2, 0.25) is 0 Å². The van der Waals surface area contributed by atoms with Crippen molar-refractivity contribution in [2.75, 3.05) is 7.11 Å². The van der Waals surface area contributed by atoms with Crippen LogP contribution in [0, 0.1) is 0 Å². The molecule has 0 bridgehead atoms. The molecule has 2 aromatic carbocycles. The molecular formula is C15H13F3N4O2. The summed E-state index contributed by atoms with van der Waals surface area (Å²) < 4.78 is 45.0. The molecule has 3 rings (SSSR count). The van der Waals surface area contributed by atoms with Crippen LogP contribution in [0.2, 0.25) is 0 Å². The SMILES string of the molecule is COC(=O)N1NN=NC(c2ccc3ccccc3c2)C1C(F)(F)F. The number of hydrogen-bond acceptors (Lipinski definition) is 5. The van der Waals surface area contributed by atoms with Crippen molar-refractivity contribution in [1.82, 2.24) is 10.5 Å². The minimum absolute atomic E-state index is 0.298. The molecule has 126 valence electrons. The highest BCUT2D eigenvalue weighted by atomic mass is 19.4. The molecule has 2 unspecified atom stereocenters. The normalized spacial score (nSPS) is 20.8. The van der Waals surface area contributed by atoms with E-state index in [2.05, 4.69) is 15.1 Å². The van der Waals surface area contributed by atoms with Crippen molar-refractivity contribution < 1.29 is 22.7 Å². The fourth-order valence-electron chi connectivity index (χ4n) is 2.62. The first-order chi connectivity index (χ1) is 11.4. The van der Waals surface area contributed by atoms with Crippen LogP contribution in [0.4, 0.5) is 18.0 Å². The van der Waals surface area contributed by atoms with Crippen LogP contribution in [0.5, 0.6) is 0 Å². The quantitative estimate of drug-likeness (QED) is 0.861. The molecule has 1 aliphatic rings. The van der Waals surface area contributed by atoms with Gasteiger partial charge < -0.3 is 4.74 Å². The van der Waals surface area contributed by atoms with E-state index in [0.717, 1.165) is 17.9 Å². The molecule has 6 nitrogen and oxygen atoms in total. The van der Waals surface area contributed by atoms with Crippen LogP contribution < -0.4 is 5.53 Å². The summed E-state index contributed by atoms with van der Waals surface area (Å²) in [5, 5.41) is 9.06. The van der Waals surface area contributed by atoms with E-state index in [1.54, 1.807) is 30.3 Å². The molecular weight excluding hydrogens is 325 g/mol. The number of nitrogens with zero attached hydrogens (tertiary/aromatic N) is 3. The molecule has 0 fully saturated rings. The zero-order valence-electron chi connectivity index (χ0n) is 12.5. The Morgan fingerprint density at radius 1 is 1.21 bits per heavy atom. The lowest BCUT2D eigenvalue weighted by Gasteiger charge is -2.36. The average molecular weight is 338 g/mol. The maximum Gasteiger partial charge on any atom is 0.430 e. The fourth-order valence-corrected chi connectivity index (χ4v) is 2.62. The van der Waals surface area contributed by atoms with Crippen LogP contribution in [-0.2, 0) is 4.74 Å². The second kappa shape index (κ2) is 5.99. The first kappa shape index (κ1) is 16.0. The van der Waals surface area contributed by atoms with Crippen molar-refractivity contribution in [3.05, 3.63) is 48.0 Å². The summed E-state index contributed by atoms with van der Waals surface area (Å²) in [5.74, 6) is 0. The molecule has 24 heavy (non-hydrogen) atoms. The zero-order chi connectivity index (χ0) is 17.3. The van der Waals surface area contributed by atoms with E-state index in [0.29, 0.717) is 10.6 Å². The summed E-state index contributed by atoms with van der Waals surface area (Å²) in [6.07, 6.45) is -5.92. The van der Waals surface area contributed by atoms with Crippen LogP contribution >= 0.6 is 0 Å². The lowest BCUT2D eigenvalue weighted by Crippen LogP contribution is -2.58. The summed E-state index contributed by atoms with van der Waals surface area (Å²) in [6.45, 7) is 0. The van der Waals surface area contributed by atoms with Crippen molar-refractivity contribution in [3.8, 4) is 0 Å². The molecule has 2 aromatic rings. The Kier molecular flexibility index (Phi) is 4.00. The van der Waals surface area contributed by atoms with Gasteiger partial charge in [-0.1, -0.05) is 41.6 Å². The highest BCUT2D eigenvalue weighted by Crippen LogP contribution is 2.38. The van der Waals surface area contributed by atoms with Crippen LogP contribution in [0.1, 0.15) is 11.6 Å². The van der Waals surface area contributed by atoms with E-state index in [9.17, 15) is 18.0 Å². The highest BCUT2D eigenvalue weighted by Gasteiger charge is 2.53. The number of fused-ring (bicyclic) bond motifs is 1. The molecule has 0 spiro atoms. The standard InChI is InChI=1S/C15H13F3N4O2/c1-24-14(23)22-13(15(16,17)18)12(19-20-21-22)11-7-6-9-4-2-3-5-10(9)8-11/h2-8,12-13H,1H3,(H,19,21). The fraction of sp³-hybridized carbons (Fsp3) is 0.267. The highest BCUT2D eigenvalue weighted by molar-refractivity contribution is 5.83. The number of alkyl halides is 3. The van der Waals surface area contributed by atoms with Crippen molar-refractivity contribution in [3.63, 3.8) is 0 Å². The number of carbonyl (C=O) groups is 1. The molecule has 2 atom stereocenters. The van der Waals surface area contributed by atoms with E-state index < -0.39 is 24.4 Å². The molecule has 1 N–H and O–H groups in total. The summed E-state index contributed by atoms with van der Waals surface area (Å²) in [6, 6.07) is 8.51. The van der Waals surface area contributed by atoms with E-state index in [-0.39, 0.29) is 0 Å². The van der Waals surface area contributed by atoms with E-state index in [1.807, 2.05) is 17.7 Å². The van der Waals surface area contributed by atoms with E-state index >= 15 is 0 Å². The number of benzene rings is 2. The van der Waals surface area contributed by atoms with Crippen LogP contribution in [0.3, 0.4) is 0 Å². The van der Waals surface area contributed by atoms with E-state index in [1.165, 1.54) is 0 Å². The van der Waals surface area contributed by atoms with Gasteiger partial charge in [0.05, 0.1) is 7.11 Å². The average Bonchev–Trinajstić information content (AvgIpc) is 2.59. The number of halogens is 3. The first-order valence-corrected chi connectivity index (χ1v) is 7.00. The molecule has 0 aliphatic carbocycles. The Bertz CT molecular complexity index is 794. The van der Waals surface area contributed by atoms with Crippen molar-refractivity contribution in [1.29, 1.82) is 0 Å². The predicted molar refractivity (Wildman–Crippen MR) is 78.8 cm³/mol. The number of nitrogens with one attached hydrogen (secondary N) is 1. The van der Waals surface area contributed by atoms with Crippen molar-refractivity contribution in [2.24, 2.45) is 10.3 Å². The van der Waals surface area contributed by atoms with Gasteiger partial charge in [0, 0.05) is 0 Å². The molecule has 9 heteroatoms. The smallest absolute Gasteiger partial charge is 0.430 e. The van der Waals surface area contributed by atoms with Crippen LogP contribution in [0.25, 0.3) is 10.8 Å². The van der Waals surface area contributed by atoms with Gasteiger partial charge in [0.25, 0.3) is 0 Å². The molecule has 1 aliphatic heterocycles.